The third kappa shape index (κ3) is 5.18. The van der Waals surface area contributed by atoms with Gasteiger partial charge in [-0.15, -0.1) is 0 Å². The van der Waals surface area contributed by atoms with Gasteiger partial charge in [0.1, 0.15) is 5.02 Å². The maximum Gasteiger partial charge on any atom is 0.255 e. The smallest absolute Gasteiger partial charge is 0.255 e. The van der Waals surface area contributed by atoms with E-state index in [2.05, 4.69) is 25.9 Å². The normalized spacial score (nSPS) is 10.4. The summed E-state index contributed by atoms with van der Waals surface area (Å²) in [6, 6.07) is 24.4. The number of anilines is 5. The quantitative estimate of drug-likeness (QED) is 0.341. The van der Waals surface area contributed by atoms with Crippen molar-refractivity contribution in [2.45, 2.75) is 6.92 Å². The Labute approximate surface area is 185 Å². The summed E-state index contributed by atoms with van der Waals surface area (Å²) in [5.41, 5.74) is 3.82. The van der Waals surface area contributed by atoms with Crippen molar-refractivity contribution in [2.24, 2.45) is 0 Å². The van der Waals surface area contributed by atoms with Crippen LogP contribution >= 0.6 is 11.6 Å². The highest BCUT2D eigenvalue weighted by Crippen LogP contribution is 2.25. The van der Waals surface area contributed by atoms with Crippen LogP contribution in [0, 0.1) is 6.92 Å². The average molecular weight is 430 g/mol. The molecule has 1 heterocycles. The molecule has 4 rings (SSSR count). The molecule has 0 fully saturated rings. The van der Waals surface area contributed by atoms with Gasteiger partial charge in [-0.25, -0.2) is 4.98 Å². The molecule has 1 amide bonds. The minimum Gasteiger partial charge on any atom is -0.339 e. The lowest BCUT2D eigenvalue weighted by molar-refractivity contribution is 0.102. The number of benzene rings is 3. The van der Waals surface area contributed by atoms with Crippen molar-refractivity contribution in [1.82, 2.24) is 9.97 Å². The van der Waals surface area contributed by atoms with Crippen LogP contribution in [0.25, 0.3) is 0 Å². The number of rotatable bonds is 6. The maximum atomic E-state index is 12.6. The topological polar surface area (TPSA) is 78.9 Å². The molecule has 7 heteroatoms. The number of nitrogens with zero attached hydrogens (tertiary/aromatic N) is 2. The van der Waals surface area contributed by atoms with E-state index in [1.165, 1.54) is 6.20 Å². The van der Waals surface area contributed by atoms with Gasteiger partial charge in [-0.1, -0.05) is 54.1 Å². The molecular weight excluding hydrogens is 410 g/mol. The van der Waals surface area contributed by atoms with Gasteiger partial charge in [-0.3, -0.25) is 4.79 Å². The van der Waals surface area contributed by atoms with E-state index in [0.29, 0.717) is 28.0 Å². The standard InChI is InChI=1S/C24H20ClN5O/c1-16-8-5-6-13-20(16)23(31)28-18-11-7-12-19(14-18)29-24-26-15-21(25)22(30-24)27-17-9-3-2-4-10-17/h2-15H,1H3,(H,28,31)(H2,26,27,29,30). The van der Waals surface area contributed by atoms with Crippen molar-refractivity contribution >= 4 is 46.3 Å². The second-order valence-electron chi connectivity index (χ2n) is 6.86. The fraction of sp³-hybridized carbons (Fsp3) is 0.0417. The lowest BCUT2D eigenvalue weighted by atomic mass is 10.1. The molecule has 0 bridgehead atoms. The van der Waals surface area contributed by atoms with Crippen LogP contribution in [0.5, 0.6) is 0 Å². The SMILES string of the molecule is Cc1ccccc1C(=O)Nc1cccc(Nc2ncc(Cl)c(Nc3ccccc3)n2)c1. The molecule has 6 nitrogen and oxygen atoms in total. The van der Waals surface area contributed by atoms with Crippen LogP contribution in [0.15, 0.2) is 85.1 Å². The number of para-hydroxylation sites is 1. The van der Waals surface area contributed by atoms with Gasteiger partial charge in [0.05, 0.1) is 6.20 Å². The van der Waals surface area contributed by atoms with Crippen LogP contribution < -0.4 is 16.0 Å². The fourth-order valence-electron chi connectivity index (χ4n) is 3.00. The molecule has 0 unspecified atom stereocenters. The Hall–Kier alpha value is -3.90. The summed E-state index contributed by atoms with van der Waals surface area (Å²) in [5, 5.41) is 9.67. The Balaban J connectivity index is 1.49. The zero-order valence-electron chi connectivity index (χ0n) is 16.8. The first-order valence-corrected chi connectivity index (χ1v) is 10.0. The molecule has 0 atom stereocenters. The lowest BCUT2D eigenvalue weighted by Gasteiger charge is -2.12. The minimum atomic E-state index is -0.160. The highest BCUT2D eigenvalue weighted by molar-refractivity contribution is 6.32. The van der Waals surface area contributed by atoms with E-state index in [1.807, 2.05) is 79.7 Å². The molecule has 0 aliphatic carbocycles. The Kier molecular flexibility index (Phi) is 6.10. The van der Waals surface area contributed by atoms with E-state index < -0.39 is 0 Å². The molecule has 0 radical (unpaired) electrons. The van der Waals surface area contributed by atoms with Gasteiger partial charge >= 0.3 is 0 Å². The molecule has 154 valence electrons. The number of nitrogens with one attached hydrogen (secondary N) is 3. The van der Waals surface area contributed by atoms with Crippen molar-refractivity contribution < 1.29 is 4.79 Å². The van der Waals surface area contributed by atoms with Gasteiger partial charge in [0.2, 0.25) is 5.95 Å². The number of amides is 1. The van der Waals surface area contributed by atoms with Gasteiger partial charge in [0, 0.05) is 22.6 Å². The number of halogens is 1. The van der Waals surface area contributed by atoms with Crippen LogP contribution in [0.2, 0.25) is 5.02 Å². The first kappa shape index (κ1) is 20.4. The molecular formula is C24H20ClN5O. The Morgan fingerprint density at radius 2 is 1.55 bits per heavy atom. The predicted molar refractivity (Wildman–Crippen MR) is 126 cm³/mol. The molecule has 0 saturated carbocycles. The summed E-state index contributed by atoms with van der Waals surface area (Å²) in [5.74, 6) is 0.715. The van der Waals surface area contributed by atoms with Gasteiger partial charge in [-0.05, 0) is 48.9 Å². The third-order valence-corrected chi connectivity index (χ3v) is 4.82. The summed E-state index contributed by atoms with van der Waals surface area (Å²) in [6.07, 6.45) is 1.53. The zero-order valence-corrected chi connectivity index (χ0v) is 17.5. The number of carbonyl (C=O) groups is 1. The summed E-state index contributed by atoms with van der Waals surface area (Å²) in [4.78, 5) is 21.3. The zero-order chi connectivity index (χ0) is 21.6. The molecule has 0 aliphatic rings. The number of hydrogen-bond acceptors (Lipinski definition) is 5. The summed E-state index contributed by atoms with van der Waals surface area (Å²) < 4.78 is 0. The number of carbonyl (C=O) groups excluding carboxylic acids is 1. The molecule has 31 heavy (non-hydrogen) atoms. The molecule has 0 spiro atoms. The van der Waals surface area contributed by atoms with Crippen molar-refractivity contribution in [3.05, 3.63) is 101 Å². The van der Waals surface area contributed by atoms with Gasteiger partial charge in [-0.2, -0.15) is 4.98 Å². The molecule has 3 aromatic carbocycles. The van der Waals surface area contributed by atoms with E-state index in [1.54, 1.807) is 6.07 Å². The van der Waals surface area contributed by atoms with E-state index in [4.69, 9.17) is 11.6 Å². The number of aromatic nitrogens is 2. The second kappa shape index (κ2) is 9.28. The highest BCUT2D eigenvalue weighted by atomic mass is 35.5. The van der Waals surface area contributed by atoms with Crippen molar-refractivity contribution in [2.75, 3.05) is 16.0 Å². The summed E-state index contributed by atoms with van der Waals surface area (Å²) in [6.45, 7) is 1.91. The monoisotopic (exact) mass is 429 g/mol. The molecule has 1 aromatic heterocycles. The molecule has 3 N–H and O–H groups in total. The largest absolute Gasteiger partial charge is 0.339 e. The van der Waals surface area contributed by atoms with E-state index in [0.717, 1.165) is 16.9 Å². The van der Waals surface area contributed by atoms with Crippen LogP contribution in [0.3, 0.4) is 0 Å². The van der Waals surface area contributed by atoms with Crippen LogP contribution in [-0.2, 0) is 0 Å². The lowest BCUT2D eigenvalue weighted by Crippen LogP contribution is -2.13. The van der Waals surface area contributed by atoms with E-state index in [9.17, 15) is 4.79 Å². The first-order chi connectivity index (χ1) is 15.1. The highest BCUT2D eigenvalue weighted by Gasteiger charge is 2.10. The average Bonchev–Trinajstić information content (AvgIpc) is 2.77. The van der Waals surface area contributed by atoms with Crippen LogP contribution in [0.4, 0.5) is 28.8 Å². The summed E-state index contributed by atoms with van der Waals surface area (Å²) >= 11 is 6.24. The van der Waals surface area contributed by atoms with Crippen LogP contribution in [0.1, 0.15) is 15.9 Å². The molecule has 4 aromatic rings. The second-order valence-corrected chi connectivity index (χ2v) is 7.26. The van der Waals surface area contributed by atoms with Gasteiger partial charge in [0.15, 0.2) is 5.82 Å². The van der Waals surface area contributed by atoms with Gasteiger partial charge < -0.3 is 16.0 Å². The Morgan fingerprint density at radius 1 is 0.839 bits per heavy atom. The van der Waals surface area contributed by atoms with Gasteiger partial charge in [0.25, 0.3) is 5.91 Å². The van der Waals surface area contributed by atoms with Crippen molar-refractivity contribution in [1.29, 1.82) is 0 Å². The predicted octanol–water partition coefficient (Wildman–Crippen LogP) is 6.18. The number of aryl methyl sites for hydroxylation is 1. The molecule has 0 aliphatic heterocycles. The van der Waals surface area contributed by atoms with Crippen LogP contribution in [-0.4, -0.2) is 15.9 Å². The number of hydrogen-bond donors (Lipinski definition) is 3. The van der Waals surface area contributed by atoms with E-state index in [-0.39, 0.29) is 5.91 Å². The third-order valence-electron chi connectivity index (χ3n) is 4.55. The van der Waals surface area contributed by atoms with Crippen molar-refractivity contribution in [3.63, 3.8) is 0 Å². The first-order valence-electron chi connectivity index (χ1n) is 9.67. The maximum absolute atomic E-state index is 12.6. The minimum absolute atomic E-state index is 0.160. The molecule has 0 saturated heterocycles. The Morgan fingerprint density at radius 3 is 2.35 bits per heavy atom. The van der Waals surface area contributed by atoms with Crippen molar-refractivity contribution in [3.8, 4) is 0 Å². The van der Waals surface area contributed by atoms with E-state index >= 15 is 0 Å². The summed E-state index contributed by atoms with van der Waals surface area (Å²) in [7, 11) is 0. The Bertz CT molecular complexity index is 1210. The fourth-order valence-corrected chi connectivity index (χ4v) is 3.14.